The molecule has 0 aliphatic carbocycles. The summed E-state index contributed by atoms with van der Waals surface area (Å²) in [5.41, 5.74) is 1.36. The second kappa shape index (κ2) is 5.91. The Hall–Kier alpha value is -0.830. The lowest BCUT2D eigenvalue weighted by atomic mass is 10.1. The molecular formula is C13H18NP. The van der Waals surface area contributed by atoms with Crippen molar-refractivity contribution >= 4 is 14.5 Å². The first-order valence-electron chi connectivity index (χ1n) is 5.11. The SMILES string of the molecule is C#CCN(C)C(C)Cc1ccc(P)cc1. The summed E-state index contributed by atoms with van der Waals surface area (Å²) in [5, 5.41) is 1.23. The first-order valence-corrected chi connectivity index (χ1v) is 5.69. The van der Waals surface area contributed by atoms with Crippen LogP contribution < -0.4 is 5.30 Å². The summed E-state index contributed by atoms with van der Waals surface area (Å²) in [6.45, 7) is 2.91. The molecule has 1 nitrogen and oxygen atoms in total. The Bertz CT molecular complexity index is 337. The minimum atomic E-state index is 0.483. The van der Waals surface area contributed by atoms with Gasteiger partial charge in [0.25, 0.3) is 0 Å². The molecule has 0 saturated carbocycles. The molecule has 1 aromatic carbocycles. The second-order valence-corrected chi connectivity index (χ2v) is 4.58. The minimum Gasteiger partial charge on any atom is -0.292 e. The molecule has 0 spiro atoms. The van der Waals surface area contributed by atoms with E-state index in [0.717, 1.165) is 6.42 Å². The minimum absolute atomic E-state index is 0.483. The Morgan fingerprint density at radius 1 is 1.40 bits per heavy atom. The topological polar surface area (TPSA) is 3.24 Å². The average Bonchev–Trinajstić information content (AvgIpc) is 2.22. The van der Waals surface area contributed by atoms with E-state index in [-0.39, 0.29) is 0 Å². The van der Waals surface area contributed by atoms with Crippen LogP contribution in [0, 0.1) is 12.3 Å². The van der Waals surface area contributed by atoms with E-state index in [2.05, 4.69) is 58.3 Å². The van der Waals surface area contributed by atoms with E-state index < -0.39 is 0 Å². The number of nitrogens with zero attached hydrogens (tertiary/aromatic N) is 1. The molecule has 0 saturated heterocycles. The van der Waals surface area contributed by atoms with Gasteiger partial charge in [-0.3, -0.25) is 4.90 Å². The first kappa shape index (κ1) is 12.2. The molecule has 0 fully saturated rings. The fourth-order valence-corrected chi connectivity index (χ4v) is 1.64. The van der Waals surface area contributed by atoms with Gasteiger partial charge in [0.15, 0.2) is 0 Å². The maximum atomic E-state index is 5.29. The molecule has 0 aromatic heterocycles. The van der Waals surface area contributed by atoms with Crippen LogP contribution in [0.25, 0.3) is 0 Å². The molecule has 0 N–H and O–H groups in total. The standard InChI is InChI=1S/C13H18NP/c1-4-9-14(3)11(2)10-12-5-7-13(15)8-6-12/h1,5-8,11H,9-10,15H2,2-3H3. The summed E-state index contributed by atoms with van der Waals surface area (Å²) in [6.07, 6.45) is 6.33. The van der Waals surface area contributed by atoms with Gasteiger partial charge in [-0.25, -0.2) is 0 Å². The highest BCUT2D eigenvalue weighted by Gasteiger charge is 2.08. The van der Waals surface area contributed by atoms with Crippen molar-refractivity contribution in [1.29, 1.82) is 0 Å². The monoisotopic (exact) mass is 219 g/mol. The number of terminal acetylenes is 1. The maximum absolute atomic E-state index is 5.29. The highest BCUT2D eigenvalue weighted by atomic mass is 31.0. The summed E-state index contributed by atoms with van der Waals surface area (Å²) in [6, 6.07) is 9.06. The van der Waals surface area contributed by atoms with Crippen molar-refractivity contribution in [3.8, 4) is 12.3 Å². The fourth-order valence-electron chi connectivity index (χ4n) is 1.45. The van der Waals surface area contributed by atoms with Gasteiger partial charge >= 0.3 is 0 Å². The van der Waals surface area contributed by atoms with E-state index >= 15 is 0 Å². The van der Waals surface area contributed by atoms with E-state index in [0.29, 0.717) is 12.6 Å². The van der Waals surface area contributed by atoms with Crippen LogP contribution in [0.3, 0.4) is 0 Å². The molecule has 1 rings (SSSR count). The van der Waals surface area contributed by atoms with Crippen molar-refractivity contribution in [2.24, 2.45) is 0 Å². The lowest BCUT2D eigenvalue weighted by Gasteiger charge is -2.22. The largest absolute Gasteiger partial charge is 0.292 e. The third kappa shape index (κ3) is 4.04. The van der Waals surface area contributed by atoms with Crippen LogP contribution in [-0.2, 0) is 6.42 Å². The van der Waals surface area contributed by atoms with Gasteiger partial charge in [0.2, 0.25) is 0 Å². The molecule has 2 atom stereocenters. The molecule has 15 heavy (non-hydrogen) atoms. The summed E-state index contributed by atoms with van der Waals surface area (Å²) < 4.78 is 0. The third-order valence-corrected chi connectivity index (χ3v) is 2.99. The molecule has 0 aliphatic heterocycles. The lowest BCUT2D eigenvalue weighted by Crippen LogP contribution is -2.31. The molecular weight excluding hydrogens is 201 g/mol. The van der Waals surface area contributed by atoms with Crippen LogP contribution >= 0.6 is 9.24 Å². The smallest absolute Gasteiger partial charge is 0.0598 e. The number of benzene rings is 1. The lowest BCUT2D eigenvalue weighted by molar-refractivity contribution is 0.287. The van der Waals surface area contributed by atoms with Crippen molar-refractivity contribution in [3.05, 3.63) is 29.8 Å². The zero-order valence-corrected chi connectivity index (χ0v) is 10.6. The predicted octanol–water partition coefficient (Wildman–Crippen LogP) is 1.68. The highest BCUT2D eigenvalue weighted by molar-refractivity contribution is 7.27. The van der Waals surface area contributed by atoms with Crippen LogP contribution in [-0.4, -0.2) is 24.5 Å². The summed E-state index contributed by atoms with van der Waals surface area (Å²) in [5.74, 6) is 2.67. The highest BCUT2D eigenvalue weighted by Crippen LogP contribution is 2.06. The molecule has 2 heteroatoms. The second-order valence-electron chi connectivity index (χ2n) is 3.91. The van der Waals surface area contributed by atoms with E-state index in [4.69, 9.17) is 6.42 Å². The molecule has 0 bridgehead atoms. The summed E-state index contributed by atoms with van der Waals surface area (Å²) in [7, 11) is 4.76. The fraction of sp³-hybridized carbons (Fsp3) is 0.385. The van der Waals surface area contributed by atoms with Crippen LogP contribution in [0.1, 0.15) is 12.5 Å². The van der Waals surface area contributed by atoms with Crippen molar-refractivity contribution < 1.29 is 0 Å². The van der Waals surface area contributed by atoms with E-state index in [9.17, 15) is 0 Å². The quantitative estimate of drug-likeness (QED) is 0.550. The third-order valence-electron chi connectivity index (χ3n) is 2.60. The van der Waals surface area contributed by atoms with Gasteiger partial charge < -0.3 is 0 Å². The molecule has 0 amide bonds. The van der Waals surface area contributed by atoms with E-state index in [1.54, 1.807) is 0 Å². The van der Waals surface area contributed by atoms with Crippen molar-refractivity contribution in [3.63, 3.8) is 0 Å². The molecule has 0 aliphatic rings. The molecule has 0 heterocycles. The van der Waals surface area contributed by atoms with Crippen LogP contribution in [0.2, 0.25) is 0 Å². The van der Waals surface area contributed by atoms with E-state index in [1.807, 2.05) is 0 Å². The average molecular weight is 219 g/mol. The Kier molecular flexibility index (Phi) is 4.82. The van der Waals surface area contributed by atoms with Crippen LogP contribution in [0.15, 0.2) is 24.3 Å². The van der Waals surface area contributed by atoms with E-state index in [1.165, 1.54) is 10.9 Å². The number of hydrogen-bond donors (Lipinski definition) is 0. The van der Waals surface area contributed by atoms with Crippen LogP contribution in [0.5, 0.6) is 0 Å². The van der Waals surface area contributed by atoms with Gasteiger partial charge in [-0.1, -0.05) is 30.2 Å². The van der Waals surface area contributed by atoms with Gasteiger partial charge in [0.1, 0.15) is 0 Å². The molecule has 0 radical (unpaired) electrons. The summed E-state index contributed by atoms with van der Waals surface area (Å²) >= 11 is 0. The number of likely N-dealkylation sites (N-methyl/N-ethyl adjacent to an activating group) is 1. The predicted molar refractivity (Wildman–Crippen MR) is 70.4 cm³/mol. The molecule has 80 valence electrons. The van der Waals surface area contributed by atoms with Gasteiger partial charge in [-0.15, -0.1) is 15.7 Å². The van der Waals surface area contributed by atoms with Gasteiger partial charge in [-0.05, 0) is 31.3 Å². The van der Waals surface area contributed by atoms with Gasteiger partial charge in [0.05, 0.1) is 6.54 Å². The first-order chi connectivity index (χ1) is 7.13. The Morgan fingerprint density at radius 3 is 2.53 bits per heavy atom. The number of rotatable bonds is 4. The van der Waals surface area contributed by atoms with Crippen molar-refractivity contribution in [1.82, 2.24) is 4.90 Å². The molecule has 1 aromatic rings. The Morgan fingerprint density at radius 2 is 2.00 bits per heavy atom. The van der Waals surface area contributed by atoms with Gasteiger partial charge in [-0.2, -0.15) is 0 Å². The van der Waals surface area contributed by atoms with Crippen molar-refractivity contribution in [2.75, 3.05) is 13.6 Å². The summed E-state index contributed by atoms with van der Waals surface area (Å²) in [4.78, 5) is 2.19. The Labute approximate surface area is 95.1 Å². The van der Waals surface area contributed by atoms with Gasteiger partial charge in [0, 0.05) is 6.04 Å². The maximum Gasteiger partial charge on any atom is 0.0598 e. The Balaban J connectivity index is 2.55. The zero-order valence-electron chi connectivity index (χ0n) is 9.40. The zero-order chi connectivity index (χ0) is 11.3. The van der Waals surface area contributed by atoms with Crippen molar-refractivity contribution in [2.45, 2.75) is 19.4 Å². The normalized spacial score (nSPS) is 12.5. The molecule has 2 unspecified atom stereocenters. The van der Waals surface area contributed by atoms with Crippen LogP contribution in [0.4, 0.5) is 0 Å². The number of hydrogen-bond acceptors (Lipinski definition) is 1.